The van der Waals surface area contributed by atoms with Gasteiger partial charge in [0.2, 0.25) is 0 Å². The van der Waals surface area contributed by atoms with Crippen molar-refractivity contribution in [2.75, 3.05) is 0 Å². The van der Waals surface area contributed by atoms with Gasteiger partial charge in [-0.3, -0.25) is 0 Å². The third kappa shape index (κ3) is 3.50. The number of phenolic OH excluding ortho intramolecular Hbond substituents is 2. The Morgan fingerprint density at radius 3 is 1.78 bits per heavy atom. The molecule has 2 N–H and O–H groups in total. The molecule has 0 unspecified atom stereocenters. The lowest BCUT2D eigenvalue weighted by Gasteiger charge is -2.11. The van der Waals surface area contributed by atoms with Crippen LogP contribution in [0.4, 0.5) is 4.39 Å². The lowest BCUT2D eigenvalue weighted by atomic mass is 9.95. The fourth-order valence-corrected chi connectivity index (χ4v) is 3.80. The first-order valence-electron chi connectivity index (χ1n) is 10.1. The Morgan fingerprint density at radius 2 is 1.16 bits per heavy atom. The van der Waals surface area contributed by atoms with Gasteiger partial charge >= 0.3 is 0 Å². The zero-order chi connectivity index (χ0) is 22.1. The van der Waals surface area contributed by atoms with Gasteiger partial charge in [-0.1, -0.05) is 42.5 Å². The van der Waals surface area contributed by atoms with Gasteiger partial charge < -0.3 is 10.2 Å². The lowest BCUT2D eigenvalue weighted by molar-refractivity contribution is 0.475. The first kappa shape index (κ1) is 19.6. The van der Waals surface area contributed by atoms with Crippen molar-refractivity contribution in [1.29, 1.82) is 0 Å². The van der Waals surface area contributed by atoms with Crippen LogP contribution in [0.3, 0.4) is 0 Å². The number of para-hydroxylation sites is 1. The molecule has 32 heavy (non-hydrogen) atoms. The molecule has 0 aliphatic carbocycles. The Labute approximate surface area is 184 Å². The molecule has 1 heterocycles. The maximum Gasteiger partial charge on any atom is 0.148 e. The van der Waals surface area contributed by atoms with Crippen LogP contribution in [0.15, 0.2) is 103 Å². The summed E-state index contributed by atoms with van der Waals surface area (Å²) in [6, 6.07) is 29.8. The molecule has 0 atom stereocenters. The van der Waals surface area contributed by atoms with Crippen LogP contribution in [-0.4, -0.2) is 20.0 Å². The third-order valence-corrected chi connectivity index (χ3v) is 5.31. The second-order valence-electron chi connectivity index (χ2n) is 7.40. The molecule has 0 bridgehead atoms. The van der Waals surface area contributed by atoms with E-state index in [2.05, 4.69) is 0 Å². The average molecular weight is 422 g/mol. The van der Waals surface area contributed by atoms with Gasteiger partial charge in [-0.25, -0.2) is 9.07 Å². The van der Waals surface area contributed by atoms with Crippen LogP contribution in [0.25, 0.3) is 39.3 Å². The largest absolute Gasteiger partial charge is 0.508 e. The molecule has 5 rings (SSSR count). The van der Waals surface area contributed by atoms with E-state index in [4.69, 9.17) is 5.10 Å². The minimum atomic E-state index is -0.396. The molecule has 0 aliphatic rings. The summed E-state index contributed by atoms with van der Waals surface area (Å²) in [6.07, 6.45) is 0. The van der Waals surface area contributed by atoms with Gasteiger partial charge in [0.1, 0.15) is 28.7 Å². The van der Waals surface area contributed by atoms with Crippen molar-refractivity contribution in [3.8, 4) is 50.8 Å². The molecular weight excluding hydrogens is 403 g/mol. The van der Waals surface area contributed by atoms with Crippen molar-refractivity contribution in [3.63, 3.8) is 0 Å². The average Bonchev–Trinajstić information content (AvgIpc) is 3.21. The van der Waals surface area contributed by atoms with Crippen molar-refractivity contribution >= 4 is 0 Å². The van der Waals surface area contributed by atoms with E-state index in [1.165, 1.54) is 6.07 Å². The Morgan fingerprint density at radius 1 is 0.594 bits per heavy atom. The van der Waals surface area contributed by atoms with Crippen LogP contribution in [0.5, 0.6) is 11.5 Å². The number of phenols is 2. The Hall–Kier alpha value is -4.38. The lowest BCUT2D eigenvalue weighted by Crippen LogP contribution is -2.02. The van der Waals surface area contributed by atoms with Crippen LogP contribution >= 0.6 is 0 Å². The number of hydrogen-bond acceptors (Lipinski definition) is 3. The molecular formula is C27H19FN2O2. The summed E-state index contributed by atoms with van der Waals surface area (Å²) < 4.78 is 16.5. The molecule has 0 spiro atoms. The van der Waals surface area contributed by atoms with Gasteiger partial charge in [-0.15, -0.1) is 0 Å². The highest BCUT2D eigenvalue weighted by Gasteiger charge is 2.24. The van der Waals surface area contributed by atoms with E-state index >= 15 is 0 Å². The minimum absolute atomic E-state index is 0.144. The van der Waals surface area contributed by atoms with Crippen molar-refractivity contribution in [3.05, 3.63) is 109 Å². The van der Waals surface area contributed by atoms with Gasteiger partial charge in [0.15, 0.2) is 0 Å². The fraction of sp³-hybridized carbons (Fsp3) is 0. The SMILES string of the molecule is Oc1ccc(-c2nn(-c3ccccc3F)c(-c3ccc(O)cc3)c2-c2ccccc2)cc1. The number of halogens is 1. The van der Waals surface area contributed by atoms with E-state index in [0.29, 0.717) is 17.1 Å². The predicted molar refractivity (Wildman–Crippen MR) is 123 cm³/mol. The van der Waals surface area contributed by atoms with E-state index in [9.17, 15) is 14.6 Å². The van der Waals surface area contributed by atoms with E-state index in [0.717, 1.165) is 22.3 Å². The van der Waals surface area contributed by atoms with Gasteiger partial charge in [0, 0.05) is 16.7 Å². The first-order chi connectivity index (χ1) is 15.6. The molecule has 0 amide bonds. The number of rotatable bonds is 4. The first-order valence-corrected chi connectivity index (χ1v) is 10.1. The third-order valence-electron chi connectivity index (χ3n) is 5.31. The number of nitrogens with zero attached hydrogens (tertiary/aromatic N) is 2. The highest BCUT2D eigenvalue weighted by molar-refractivity contribution is 5.92. The number of aromatic hydroxyl groups is 2. The molecule has 156 valence electrons. The van der Waals surface area contributed by atoms with Crippen molar-refractivity contribution in [1.82, 2.24) is 9.78 Å². The van der Waals surface area contributed by atoms with Crippen LogP contribution in [0.1, 0.15) is 0 Å². The van der Waals surface area contributed by atoms with Gasteiger partial charge in [-0.2, -0.15) is 5.10 Å². The van der Waals surface area contributed by atoms with Gasteiger partial charge in [-0.05, 0) is 66.2 Å². The van der Waals surface area contributed by atoms with Crippen LogP contribution < -0.4 is 0 Å². The molecule has 0 saturated carbocycles. The highest BCUT2D eigenvalue weighted by Crippen LogP contribution is 2.42. The van der Waals surface area contributed by atoms with E-state index < -0.39 is 5.82 Å². The number of benzene rings is 4. The summed E-state index contributed by atoms with van der Waals surface area (Å²) in [5.74, 6) is -0.0973. The standard InChI is InChI=1S/C27H19FN2O2/c28-23-8-4-5-9-24(23)30-27(20-12-16-22(32)17-13-20)25(18-6-2-1-3-7-18)26(29-30)19-10-14-21(31)15-11-19/h1-17,31-32H. The van der Waals surface area contributed by atoms with Crippen molar-refractivity contribution in [2.45, 2.75) is 0 Å². The monoisotopic (exact) mass is 422 g/mol. The minimum Gasteiger partial charge on any atom is -0.508 e. The second kappa shape index (κ2) is 8.04. The highest BCUT2D eigenvalue weighted by atomic mass is 19.1. The van der Waals surface area contributed by atoms with E-state index in [1.54, 1.807) is 71.4 Å². The zero-order valence-electron chi connectivity index (χ0n) is 17.0. The number of aromatic nitrogens is 2. The summed E-state index contributed by atoms with van der Waals surface area (Å²) in [5, 5.41) is 24.4. The van der Waals surface area contributed by atoms with Crippen molar-refractivity contribution in [2.24, 2.45) is 0 Å². The van der Waals surface area contributed by atoms with Crippen LogP contribution in [0.2, 0.25) is 0 Å². The summed E-state index contributed by atoms with van der Waals surface area (Å²) >= 11 is 0. The summed E-state index contributed by atoms with van der Waals surface area (Å²) in [4.78, 5) is 0. The smallest absolute Gasteiger partial charge is 0.148 e. The van der Waals surface area contributed by atoms with Crippen LogP contribution in [-0.2, 0) is 0 Å². The summed E-state index contributed by atoms with van der Waals surface area (Å²) in [6.45, 7) is 0. The normalized spacial score (nSPS) is 10.9. The Bertz CT molecular complexity index is 1380. The zero-order valence-corrected chi connectivity index (χ0v) is 17.0. The topological polar surface area (TPSA) is 58.3 Å². The molecule has 0 radical (unpaired) electrons. The van der Waals surface area contributed by atoms with Gasteiger partial charge in [0.05, 0.1) is 5.69 Å². The Kier molecular flexibility index (Phi) is 4.92. The maximum atomic E-state index is 14.9. The molecule has 5 heteroatoms. The van der Waals surface area contributed by atoms with Crippen LogP contribution in [0, 0.1) is 5.82 Å². The fourth-order valence-electron chi connectivity index (χ4n) is 3.80. The molecule has 0 fully saturated rings. The molecule has 1 aromatic heterocycles. The van der Waals surface area contributed by atoms with E-state index in [1.807, 2.05) is 30.3 Å². The number of hydrogen-bond donors (Lipinski definition) is 2. The van der Waals surface area contributed by atoms with Gasteiger partial charge in [0.25, 0.3) is 0 Å². The summed E-state index contributed by atoms with van der Waals surface area (Å²) in [5.41, 5.74) is 4.98. The second-order valence-corrected chi connectivity index (χ2v) is 7.40. The molecule has 0 aliphatic heterocycles. The predicted octanol–water partition coefficient (Wildman–Crippen LogP) is 6.42. The quantitative estimate of drug-likeness (QED) is 0.351. The molecule has 4 aromatic carbocycles. The maximum absolute atomic E-state index is 14.9. The molecule has 0 saturated heterocycles. The van der Waals surface area contributed by atoms with Crippen molar-refractivity contribution < 1.29 is 14.6 Å². The summed E-state index contributed by atoms with van der Waals surface area (Å²) in [7, 11) is 0. The Balaban J connectivity index is 1.89. The van der Waals surface area contributed by atoms with E-state index in [-0.39, 0.29) is 11.5 Å². The molecule has 5 aromatic rings. The molecule has 4 nitrogen and oxygen atoms in total.